The Kier molecular flexibility index (Phi) is 5.85. The fourth-order valence-corrected chi connectivity index (χ4v) is 6.44. The summed E-state index contributed by atoms with van der Waals surface area (Å²) in [6.07, 6.45) is 0.852. The first-order valence-electron chi connectivity index (χ1n) is 11.0. The summed E-state index contributed by atoms with van der Waals surface area (Å²) in [6, 6.07) is 14.6. The number of rotatable bonds is 4. The quantitative estimate of drug-likeness (QED) is 0.401. The molecule has 0 saturated carbocycles. The molecular formula is C26H25N3O2S2. The van der Waals surface area contributed by atoms with E-state index in [9.17, 15) is 9.59 Å². The average Bonchev–Trinajstić information content (AvgIpc) is 3.15. The Morgan fingerprint density at radius 2 is 1.94 bits per heavy atom. The van der Waals surface area contributed by atoms with Crippen LogP contribution in [0.15, 0.2) is 52.2 Å². The number of carbonyl (C=O) groups is 1. The van der Waals surface area contributed by atoms with Gasteiger partial charge in [-0.3, -0.25) is 9.59 Å². The van der Waals surface area contributed by atoms with Gasteiger partial charge in [0, 0.05) is 18.0 Å². The van der Waals surface area contributed by atoms with Crippen LogP contribution in [0.25, 0.3) is 10.2 Å². The molecule has 4 aromatic rings. The molecule has 0 saturated heterocycles. The van der Waals surface area contributed by atoms with Crippen molar-refractivity contribution in [3.05, 3.63) is 91.3 Å². The minimum atomic E-state index is -0.173. The van der Waals surface area contributed by atoms with Crippen molar-refractivity contribution in [2.45, 2.75) is 44.4 Å². The van der Waals surface area contributed by atoms with E-state index in [4.69, 9.17) is 4.98 Å². The number of hydrogen-bond donors (Lipinski definition) is 1. The molecular weight excluding hydrogens is 450 g/mol. The number of benzene rings is 2. The van der Waals surface area contributed by atoms with E-state index in [0.717, 1.165) is 12.0 Å². The molecule has 0 aliphatic carbocycles. The van der Waals surface area contributed by atoms with E-state index in [2.05, 4.69) is 49.2 Å². The number of amides is 1. The fraction of sp³-hybridized carbons (Fsp3) is 0.269. The standard InChI is InChI=1S/C26H25N3O2S2/c1-15-8-9-16(2)20(12-15)32-14-21-27-24(30)22-17(3)23(33-25(22)28-21)26(31)29-11-10-18-6-4-5-7-19(18)13-29/h4-9,12H,10-11,13-14H2,1-3H3,(H,27,28,30). The van der Waals surface area contributed by atoms with Crippen LogP contribution < -0.4 is 5.56 Å². The Labute approximate surface area is 200 Å². The zero-order valence-electron chi connectivity index (χ0n) is 18.9. The summed E-state index contributed by atoms with van der Waals surface area (Å²) in [5.41, 5.74) is 5.46. The van der Waals surface area contributed by atoms with Crippen LogP contribution in [0.5, 0.6) is 0 Å². The van der Waals surface area contributed by atoms with Gasteiger partial charge < -0.3 is 9.88 Å². The second-order valence-corrected chi connectivity index (χ2v) is 10.6. The SMILES string of the molecule is Cc1ccc(C)c(SCc2nc3sc(C(=O)N4CCc5ccccc5C4)c(C)c3c(=O)[nH]2)c1. The summed E-state index contributed by atoms with van der Waals surface area (Å²) in [6.45, 7) is 7.30. The predicted octanol–water partition coefficient (Wildman–Crippen LogP) is 5.40. The lowest BCUT2D eigenvalue weighted by atomic mass is 9.99. The van der Waals surface area contributed by atoms with Crippen molar-refractivity contribution in [3.63, 3.8) is 0 Å². The third-order valence-electron chi connectivity index (χ3n) is 6.17. The normalized spacial score (nSPS) is 13.4. The van der Waals surface area contributed by atoms with Crippen molar-refractivity contribution in [1.82, 2.24) is 14.9 Å². The number of H-pyrrole nitrogens is 1. The van der Waals surface area contributed by atoms with Gasteiger partial charge in [-0.2, -0.15) is 0 Å². The smallest absolute Gasteiger partial charge is 0.264 e. The number of nitrogens with one attached hydrogen (secondary N) is 1. The molecule has 5 nitrogen and oxygen atoms in total. The number of nitrogens with zero attached hydrogens (tertiary/aromatic N) is 2. The Morgan fingerprint density at radius 3 is 2.76 bits per heavy atom. The van der Waals surface area contributed by atoms with Gasteiger partial charge in [-0.15, -0.1) is 23.1 Å². The number of hydrogen-bond acceptors (Lipinski definition) is 5. The zero-order chi connectivity index (χ0) is 23.1. The third-order valence-corrected chi connectivity index (χ3v) is 8.51. The van der Waals surface area contributed by atoms with Crippen LogP contribution in [0, 0.1) is 20.8 Å². The molecule has 1 aliphatic rings. The maximum absolute atomic E-state index is 13.4. The molecule has 0 radical (unpaired) electrons. The van der Waals surface area contributed by atoms with Crippen LogP contribution in [0.3, 0.4) is 0 Å². The lowest BCUT2D eigenvalue weighted by molar-refractivity contribution is 0.0739. The van der Waals surface area contributed by atoms with Gasteiger partial charge in [0.1, 0.15) is 10.7 Å². The average molecular weight is 476 g/mol. The van der Waals surface area contributed by atoms with Crippen LogP contribution in [-0.2, 0) is 18.7 Å². The van der Waals surface area contributed by atoms with Gasteiger partial charge in [-0.05, 0) is 55.5 Å². The summed E-state index contributed by atoms with van der Waals surface area (Å²) >= 11 is 2.99. The molecule has 33 heavy (non-hydrogen) atoms. The molecule has 1 amide bonds. The first kappa shape index (κ1) is 21.9. The highest BCUT2D eigenvalue weighted by Crippen LogP contribution is 2.31. The zero-order valence-corrected chi connectivity index (χ0v) is 20.5. The highest BCUT2D eigenvalue weighted by molar-refractivity contribution is 7.98. The van der Waals surface area contributed by atoms with Gasteiger partial charge in [0.05, 0.1) is 16.0 Å². The van der Waals surface area contributed by atoms with Gasteiger partial charge >= 0.3 is 0 Å². The van der Waals surface area contributed by atoms with E-state index in [0.29, 0.717) is 39.8 Å². The number of thiophene rings is 1. The molecule has 0 fully saturated rings. The number of aromatic nitrogens is 2. The summed E-state index contributed by atoms with van der Waals surface area (Å²) in [5.74, 6) is 1.18. The van der Waals surface area contributed by atoms with Crippen LogP contribution in [-0.4, -0.2) is 27.3 Å². The minimum Gasteiger partial charge on any atom is -0.333 e. The Hall–Kier alpha value is -2.90. The number of fused-ring (bicyclic) bond motifs is 2. The van der Waals surface area contributed by atoms with Crippen molar-refractivity contribution >= 4 is 39.2 Å². The van der Waals surface area contributed by atoms with Crippen LogP contribution in [0.2, 0.25) is 0 Å². The lowest BCUT2D eigenvalue weighted by Crippen LogP contribution is -2.35. The number of aryl methyl sites for hydroxylation is 3. The molecule has 7 heteroatoms. The highest BCUT2D eigenvalue weighted by Gasteiger charge is 2.26. The molecule has 3 heterocycles. The molecule has 1 N–H and O–H groups in total. The number of carbonyl (C=O) groups excluding carboxylic acids is 1. The van der Waals surface area contributed by atoms with Gasteiger partial charge in [-0.25, -0.2) is 4.98 Å². The van der Waals surface area contributed by atoms with E-state index >= 15 is 0 Å². The highest BCUT2D eigenvalue weighted by atomic mass is 32.2. The second-order valence-electron chi connectivity index (χ2n) is 8.55. The number of aromatic amines is 1. The summed E-state index contributed by atoms with van der Waals surface area (Å²) < 4.78 is 0. The second kappa shape index (κ2) is 8.80. The van der Waals surface area contributed by atoms with E-state index in [1.165, 1.54) is 38.5 Å². The summed E-state index contributed by atoms with van der Waals surface area (Å²) in [5, 5.41) is 0.529. The molecule has 2 aromatic carbocycles. The topological polar surface area (TPSA) is 66.1 Å². The first-order chi connectivity index (χ1) is 15.9. The molecule has 0 atom stereocenters. The van der Waals surface area contributed by atoms with Gasteiger partial charge in [0.25, 0.3) is 11.5 Å². The van der Waals surface area contributed by atoms with Crippen molar-refractivity contribution in [3.8, 4) is 0 Å². The predicted molar refractivity (Wildman–Crippen MR) is 135 cm³/mol. The van der Waals surface area contributed by atoms with E-state index in [1.54, 1.807) is 11.8 Å². The van der Waals surface area contributed by atoms with Crippen LogP contribution in [0.1, 0.15) is 43.3 Å². The van der Waals surface area contributed by atoms with Crippen LogP contribution >= 0.6 is 23.1 Å². The fourth-order valence-electron chi connectivity index (χ4n) is 4.28. The molecule has 1 aliphatic heterocycles. The van der Waals surface area contributed by atoms with Crippen molar-refractivity contribution in [2.75, 3.05) is 6.54 Å². The van der Waals surface area contributed by atoms with Crippen molar-refractivity contribution in [2.24, 2.45) is 0 Å². The summed E-state index contributed by atoms with van der Waals surface area (Å²) in [4.78, 5) is 38.2. The maximum Gasteiger partial charge on any atom is 0.264 e. The van der Waals surface area contributed by atoms with E-state index in [1.807, 2.05) is 24.0 Å². The Balaban J connectivity index is 1.41. The molecule has 0 spiro atoms. The Bertz CT molecular complexity index is 1440. The summed E-state index contributed by atoms with van der Waals surface area (Å²) in [7, 11) is 0. The maximum atomic E-state index is 13.4. The Morgan fingerprint density at radius 1 is 1.15 bits per heavy atom. The van der Waals surface area contributed by atoms with Crippen molar-refractivity contribution < 1.29 is 4.79 Å². The van der Waals surface area contributed by atoms with Crippen LogP contribution in [0.4, 0.5) is 0 Å². The largest absolute Gasteiger partial charge is 0.333 e. The molecule has 5 rings (SSSR count). The van der Waals surface area contributed by atoms with E-state index < -0.39 is 0 Å². The van der Waals surface area contributed by atoms with Crippen molar-refractivity contribution in [1.29, 1.82) is 0 Å². The van der Waals surface area contributed by atoms with E-state index in [-0.39, 0.29) is 11.5 Å². The molecule has 0 unspecified atom stereocenters. The van der Waals surface area contributed by atoms with Gasteiger partial charge in [0.15, 0.2) is 0 Å². The van der Waals surface area contributed by atoms with Gasteiger partial charge in [-0.1, -0.05) is 42.0 Å². The molecule has 2 aromatic heterocycles. The number of thioether (sulfide) groups is 1. The molecule has 168 valence electrons. The first-order valence-corrected chi connectivity index (χ1v) is 12.8. The third kappa shape index (κ3) is 4.23. The minimum absolute atomic E-state index is 0.0179. The molecule has 0 bridgehead atoms. The monoisotopic (exact) mass is 475 g/mol. The van der Waals surface area contributed by atoms with Gasteiger partial charge in [0.2, 0.25) is 0 Å². The lowest BCUT2D eigenvalue weighted by Gasteiger charge is -2.28.